The Bertz CT molecular complexity index is 440. The van der Waals surface area contributed by atoms with E-state index >= 15 is 0 Å². The molecule has 8 heteroatoms. The number of hydrogen-bond acceptors (Lipinski definition) is 6. The number of aromatic nitrogens is 3. The van der Waals surface area contributed by atoms with Crippen molar-refractivity contribution in [3.63, 3.8) is 0 Å². The van der Waals surface area contributed by atoms with E-state index in [4.69, 9.17) is 17.3 Å². The van der Waals surface area contributed by atoms with Gasteiger partial charge in [0.15, 0.2) is 0 Å². The number of carbonyl (C=O) groups excluding carboxylic acids is 1. The average molecular weight is 285 g/mol. The first-order chi connectivity index (χ1) is 9.04. The predicted molar refractivity (Wildman–Crippen MR) is 72.9 cm³/mol. The van der Waals surface area contributed by atoms with E-state index in [-0.39, 0.29) is 17.1 Å². The largest absolute Gasteiger partial charge is 0.368 e. The first-order valence-electron chi connectivity index (χ1n) is 6.21. The van der Waals surface area contributed by atoms with E-state index in [1.807, 2.05) is 4.90 Å². The molecule has 1 aromatic rings. The summed E-state index contributed by atoms with van der Waals surface area (Å²) >= 11 is 5.77. The summed E-state index contributed by atoms with van der Waals surface area (Å²) < 4.78 is 0. The Balaban J connectivity index is 1.90. The Morgan fingerprint density at radius 2 is 2.11 bits per heavy atom. The highest BCUT2D eigenvalue weighted by atomic mass is 35.5. The van der Waals surface area contributed by atoms with Crippen LogP contribution >= 0.6 is 11.6 Å². The Kier molecular flexibility index (Phi) is 4.36. The molecular weight excluding hydrogens is 268 g/mol. The third-order valence-corrected chi connectivity index (χ3v) is 3.32. The maximum atomic E-state index is 10.9. The number of halogens is 1. The highest BCUT2D eigenvalue weighted by molar-refractivity contribution is 6.28. The van der Waals surface area contributed by atoms with Gasteiger partial charge in [-0.15, -0.1) is 0 Å². The van der Waals surface area contributed by atoms with E-state index in [1.54, 1.807) is 0 Å². The second-order valence-electron chi connectivity index (χ2n) is 4.63. The Labute approximate surface area is 116 Å². The van der Waals surface area contributed by atoms with Crippen molar-refractivity contribution in [3.8, 4) is 0 Å². The van der Waals surface area contributed by atoms with Crippen LogP contribution in [-0.4, -0.2) is 40.5 Å². The highest BCUT2D eigenvalue weighted by Gasteiger charge is 2.21. The summed E-state index contributed by atoms with van der Waals surface area (Å²) in [6.45, 7) is 3.90. The predicted octanol–water partition coefficient (Wildman–Crippen LogP) is 0.460. The number of carbonyl (C=O) groups is 1. The van der Waals surface area contributed by atoms with Gasteiger partial charge in [0.1, 0.15) is 0 Å². The van der Waals surface area contributed by atoms with E-state index in [1.165, 1.54) is 6.92 Å². The fraction of sp³-hybridized carbons (Fsp3) is 0.636. The Morgan fingerprint density at radius 3 is 2.68 bits per heavy atom. The van der Waals surface area contributed by atoms with Crippen LogP contribution in [-0.2, 0) is 4.79 Å². The highest BCUT2D eigenvalue weighted by Crippen LogP contribution is 2.21. The van der Waals surface area contributed by atoms with Crippen LogP contribution in [0.15, 0.2) is 0 Å². The summed E-state index contributed by atoms with van der Waals surface area (Å²) in [6.07, 6.45) is 1.95. The van der Waals surface area contributed by atoms with E-state index in [0.29, 0.717) is 11.9 Å². The molecule has 19 heavy (non-hydrogen) atoms. The minimum Gasteiger partial charge on any atom is -0.368 e. The van der Waals surface area contributed by atoms with Crippen molar-refractivity contribution in [2.24, 2.45) is 5.92 Å². The zero-order valence-electron chi connectivity index (χ0n) is 10.8. The van der Waals surface area contributed by atoms with Gasteiger partial charge in [-0.05, 0) is 30.4 Å². The maximum Gasteiger partial charge on any atom is 0.231 e. The first-order valence-corrected chi connectivity index (χ1v) is 6.59. The number of nitrogens with zero attached hydrogens (tertiary/aromatic N) is 4. The molecule has 0 radical (unpaired) electrons. The average Bonchev–Trinajstić information content (AvgIpc) is 2.36. The molecule has 0 aliphatic carbocycles. The topological polar surface area (TPSA) is 97.0 Å². The van der Waals surface area contributed by atoms with Gasteiger partial charge in [-0.25, -0.2) is 0 Å². The van der Waals surface area contributed by atoms with Crippen LogP contribution in [0.5, 0.6) is 0 Å². The second-order valence-corrected chi connectivity index (χ2v) is 4.97. The number of amides is 1. The number of nitrogens with one attached hydrogen (secondary N) is 1. The molecule has 0 saturated carbocycles. The second kappa shape index (κ2) is 6.01. The summed E-state index contributed by atoms with van der Waals surface area (Å²) in [5.74, 6) is 1.17. The van der Waals surface area contributed by atoms with Gasteiger partial charge in [0, 0.05) is 26.6 Å². The van der Waals surface area contributed by atoms with Gasteiger partial charge in [0.25, 0.3) is 0 Å². The fourth-order valence-corrected chi connectivity index (χ4v) is 2.28. The first kappa shape index (κ1) is 13.8. The molecule has 2 heterocycles. The maximum absolute atomic E-state index is 10.9. The third-order valence-electron chi connectivity index (χ3n) is 3.15. The normalized spacial score (nSPS) is 16.4. The van der Waals surface area contributed by atoms with Gasteiger partial charge in [-0.3, -0.25) is 4.79 Å². The number of rotatable bonds is 3. The lowest BCUT2D eigenvalue weighted by atomic mass is 9.97. The zero-order valence-corrected chi connectivity index (χ0v) is 11.5. The molecule has 104 valence electrons. The Morgan fingerprint density at radius 1 is 1.42 bits per heavy atom. The Hall–Kier alpha value is -1.63. The quantitative estimate of drug-likeness (QED) is 0.837. The van der Waals surface area contributed by atoms with Gasteiger partial charge in [0.05, 0.1) is 0 Å². The summed E-state index contributed by atoms with van der Waals surface area (Å²) in [5, 5.41) is 2.96. The molecule has 0 aromatic carbocycles. The molecule has 0 unspecified atom stereocenters. The van der Waals surface area contributed by atoms with Crippen molar-refractivity contribution in [1.82, 2.24) is 20.3 Å². The van der Waals surface area contributed by atoms with Gasteiger partial charge in [0.2, 0.25) is 23.1 Å². The summed E-state index contributed by atoms with van der Waals surface area (Å²) in [5.41, 5.74) is 5.55. The van der Waals surface area contributed by atoms with Crippen molar-refractivity contribution < 1.29 is 4.79 Å². The molecule has 0 atom stereocenters. The summed E-state index contributed by atoms with van der Waals surface area (Å²) in [6, 6.07) is 0. The molecule has 1 saturated heterocycles. The fourth-order valence-electron chi connectivity index (χ4n) is 2.12. The van der Waals surface area contributed by atoms with E-state index < -0.39 is 0 Å². The molecule has 7 nitrogen and oxygen atoms in total. The van der Waals surface area contributed by atoms with Crippen LogP contribution in [0.3, 0.4) is 0 Å². The van der Waals surface area contributed by atoms with Crippen LogP contribution < -0.4 is 16.0 Å². The zero-order chi connectivity index (χ0) is 13.8. The van der Waals surface area contributed by atoms with Gasteiger partial charge < -0.3 is 16.0 Å². The van der Waals surface area contributed by atoms with Crippen LogP contribution in [0.25, 0.3) is 0 Å². The van der Waals surface area contributed by atoms with Crippen LogP contribution in [0.4, 0.5) is 11.9 Å². The standard InChI is InChI=1S/C11H17ClN6O/c1-7(19)14-6-8-2-4-18(5-3-8)11-16-9(12)15-10(13)17-11/h8H,2-6H2,1H3,(H,14,19)(H2,13,15,16,17). The summed E-state index contributed by atoms with van der Waals surface area (Å²) in [4.78, 5) is 24.8. The number of nitrogen functional groups attached to an aromatic ring is 1. The van der Waals surface area contributed by atoms with Crippen LogP contribution in [0, 0.1) is 5.92 Å². The molecule has 3 N–H and O–H groups in total. The van der Waals surface area contributed by atoms with Crippen molar-refractivity contribution in [1.29, 1.82) is 0 Å². The molecule has 1 aromatic heterocycles. The number of anilines is 2. The minimum absolute atomic E-state index is 0.0134. The van der Waals surface area contributed by atoms with E-state index in [9.17, 15) is 4.79 Å². The molecule has 1 fully saturated rings. The van der Waals surface area contributed by atoms with Gasteiger partial charge in [-0.1, -0.05) is 0 Å². The molecule has 1 aliphatic rings. The van der Waals surface area contributed by atoms with Crippen molar-refractivity contribution >= 4 is 29.4 Å². The molecule has 1 amide bonds. The lowest BCUT2D eigenvalue weighted by Crippen LogP contribution is -2.39. The lowest BCUT2D eigenvalue weighted by molar-refractivity contribution is -0.119. The molecule has 0 spiro atoms. The number of hydrogen-bond donors (Lipinski definition) is 2. The number of piperidine rings is 1. The van der Waals surface area contributed by atoms with Crippen molar-refractivity contribution in [2.45, 2.75) is 19.8 Å². The monoisotopic (exact) mass is 284 g/mol. The van der Waals surface area contributed by atoms with Crippen molar-refractivity contribution in [2.75, 3.05) is 30.3 Å². The molecule has 2 rings (SSSR count). The van der Waals surface area contributed by atoms with E-state index in [2.05, 4.69) is 20.3 Å². The summed E-state index contributed by atoms with van der Waals surface area (Å²) in [7, 11) is 0. The lowest BCUT2D eigenvalue weighted by Gasteiger charge is -2.31. The minimum atomic E-state index is 0.0134. The third kappa shape index (κ3) is 3.92. The van der Waals surface area contributed by atoms with Crippen LogP contribution in [0.1, 0.15) is 19.8 Å². The van der Waals surface area contributed by atoms with Crippen LogP contribution in [0.2, 0.25) is 5.28 Å². The SMILES string of the molecule is CC(=O)NCC1CCN(c2nc(N)nc(Cl)n2)CC1. The van der Waals surface area contributed by atoms with Gasteiger partial charge in [-0.2, -0.15) is 15.0 Å². The molecule has 1 aliphatic heterocycles. The smallest absolute Gasteiger partial charge is 0.231 e. The molecule has 0 bridgehead atoms. The number of nitrogens with two attached hydrogens (primary N) is 1. The van der Waals surface area contributed by atoms with Crippen molar-refractivity contribution in [3.05, 3.63) is 5.28 Å². The molecular formula is C11H17ClN6O. The van der Waals surface area contributed by atoms with Gasteiger partial charge >= 0.3 is 0 Å². The van der Waals surface area contributed by atoms with E-state index in [0.717, 1.165) is 32.5 Å².